The van der Waals surface area contributed by atoms with E-state index in [1.54, 1.807) is 18.2 Å². The van der Waals surface area contributed by atoms with Gasteiger partial charge in [0.15, 0.2) is 11.5 Å². The number of nitrogens with zero attached hydrogens (tertiary/aromatic N) is 2. The zero-order chi connectivity index (χ0) is 21.1. The molecule has 0 fully saturated rings. The van der Waals surface area contributed by atoms with Crippen LogP contribution in [-0.4, -0.2) is 28.7 Å². The number of benzene rings is 2. The number of aromatic nitrogens is 1. The van der Waals surface area contributed by atoms with E-state index >= 15 is 0 Å². The second-order valence-corrected chi connectivity index (χ2v) is 8.27. The minimum atomic E-state index is -0.0208. The lowest BCUT2D eigenvalue weighted by Crippen LogP contribution is -2.34. The largest absolute Gasteiger partial charge is 0.454 e. The van der Waals surface area contributed by atoms with Gasteiger partial charge in [0.25, 0.3) is 5.91 Å². The van der Waals surface area contributed by atoms with Crippen molar-refractivity contribution >= 4 is 17.5 Å². The number of rotatable bonds is 7. The highest BCUT2D eigenvalue weighted by molar-refractivity contribution is 6.31. The molecular weight excluding hydrogens is 400 g/mol. The third-order valence-corrected chi connectivity index (χ3v) is 5.44. The highest BCUT2D eigenvalue weighted by Gasteiger charge is 2.22. The van der Waals surface area contributed by atoms with Crippen molar-refractivity contribution in [2.24, 2.45) is 5.92 Å². The van der Waals surface area contributed by atoms with Crippen LogP contribution in [0.2, 0.25) is 5.02 Å². The van der Waals surface area contributed by atoms with Crippen LogP contribution in [0.5, 0.6) is 11.5 Å². The quantitative estimate of drug-likeness (QED) is 0.522. The first-order valence-corrected chi connectivity index (χ1v) is 10.5. The van der Waals surface area contributed by atoms with E-state index in [9.17, 15) is 4.79 Å². The summed E-state index contributed by atoms with van der Waals surface area (Å²) in [5, 5.41) is 0.743. The lowest BCUT2D eigenvalue weighted by molar-refractivity contribution is 0.0718. The van der Waals surface area contributed by atoms with E-state index in [4.69, 9.17) is 21.1 Å². The number of halogens is 1. The first kappa shape index (κ1) is 20.4. The van der Waals surface area contributed by atoms with Gasteiger partial charge in [0.05, 0.1) is 6.54 Å². The number of hydrogen-bond acceptors (Lipinski definition) is 3. The molecule has 0 aliphatic carbocycles. The Labute approximate surface area is 181 Å². The average molecular weight is 425 g/mol. The monoisotopic (exact) mass is 424 g/mol. The Kier molecular flexibility index (Phi) is 6.00. The molecule has 2 heterocycles. The highest BCUT2D eigenvalue weighted by Crippen LogP contribution is 2.33. The van der Waals surface area contributed by atoms with Crippen molar-refractivity contribution in [3.05, 3.63) is 82.6 Å². The second-order valence-electron chi connectivity index (χ2n) is 7.87. The van der Waals surface area contributed by atoms with Gasteiger partial charge in [-0.25, -0.2) is 0 Å². The fourth-order valence-electron chi connectivity index (χ4n) is 3.63. The van der Waals surface area contributed by atoms with Gasteiger partial charge in [-0.15, -0.1) is 0 Å². The van der Waals surface area contributed by atoms with Gasteiger partial charge < -0.3 is 18.9 Å². The van der Waals surface area contributed by atoms with Crippen LogP contribution in [0.4, 0.5) is 0 Å². The van der Waals surface area contributed by atoms with Gasteiger partial charge in [0.2, 0.25) is 6.79 Å². The standard InChI is InChI=1S/C24H25ClN2O3/c1-17(2)13-27(24(28)18-9-10-22-23(12-18)30-16-29-22)15-20-7-5-11-26(20)14-19-6-3-4-8-21(19)25/h3-12,17H,13-16H2,1-2H3. The minimum absolute atomic E-state index is 0.0208. The first-order valence-electron chi connectivity index (χ1n) is 10.1. The van der Waals surface area contributed by atoms with Gasteiger partial charge in [-0.05, 0) is 47.9 Å². The molecule has 1 aromatic heterocycles. The Hall–Kier alpha value is -2.92. The molecule has 1 aliphatic rings. The normalized spacial score (nSPS) is 12.4. The van der Waals surface area contributed by atoms with Crippen molar-refractivity contribution in [2.45, 2.75) is 26.9 Å². The van der Waals surface area contributed by atoms with Crippen LogP contribution in [0.15, 0.2) is 60.8 Å². The number of ether oxygens (including phenoxy) is 2. The summed E-state index contributed by atoms with van der Waals surface area (Å²) in [5.74, 6) is 1.62. The summed E-state index contributed by atoms with van der Waals surface area (Å²) in [6, 6.07) is 17.2. The van der Waals surface area contributed by atoms with Crippen molar-refractivity contribution < 1.29 is 14.3 Å². The molecule has 0 atom stereocenters. The maximum Gasteiger partial charge on any atom is 0.254 e. The smallest absolute Gasteiger partial charge is 0.254 e. The number of carbonyl (C=O) groups is 1. The summed E-state index contributed by atoms with van der Waals surface area (Å²) < 4.78 is 12.9. The summed E-state index contributed by atoms with van der Waals surface area (Å²) in [6.07, 6.45) is 2.03. The van der Waals surface area contributed by atoms with Gasteiger partial charge >= 0.3 is 0 Å². The van der Waals surface area contributed by atoms with Crippen LogP contribution in [0.25, 0.3) is 0 Å². The summed E-state index contributed by atoms with van der Waals surface area (Å²) in [4.78, 5) is 15.2. The van der Waals surface area contributed by atoms with Crippen LogP contribution in [0, 0.1) is 5.92 Å². The predicted octanol–water partition coefficient (Wildman–Crippen LogP) is 5.22. The van der Waals surface area contributed by atoms with Crippen molar-refractivity contribution in [1.82, 2.24) is 9.47 Å². The molecule has 2 aromatic carbocycles. The number of carbonyl (C=O) groups excluding carboxylic acids is 1. The third-order valence-electron chi connectivity index (χ3n) is 5.07. The molecule has 156 valence electrons. The molecule has 3 aromatic rings. The highest BCUT2D eigenvalue weighted by atomic mass is 35.5. The molecule has 0 unspecified atom stereocenters. The molecule has 0 spiro atoms. The molecule has 0 saturated heterocycles. The van der Waals surface area contributed by atoms with Crippen molar-refractivity contribution in [1.29, 1.82) is 0 Å². The fraction of sp³-hybridized carbons (Fsp3) is 0.292. The lowest BCUT2D eigenvalue weighted by Gasteiger charge is -2.25. The van der Waals surface area contributed by atoms with Gasteiger partial charge in [-0.2, -0.15) is 0 Å². The topological polar surface area (TPSA) is 43.7 Å². The van der Waals surface area contributed by atoms with Crippen LogP contribution < -0.4 is 9.47 Å². The Bertz CT molecular complexity index is 1040. The Morgan fingerprint density at radius 3 is 2.70 bits per heavy atom. The SMILES string of the molecule is CC(C)CN(Cc1cccn1Cc1ccccc1Cl)C(=O)c1ccc2c(c1)OCO2. The maximum absolute atomic E-state index is 13.3. The molecule has 0 radical (unpaired) electrons. The van der Waals surface area contributed by atoms with Crippen molar-refractivity contribution in [2.75, 3.05) is 13.3 Å². The zero-order valence-electron chi connectivity index (χ0n) is 17.2. The summed E-state index contributed by atoms with van der Waals surface area (Å²) in [6.45, 7) is 6.26. The number of amides is 1. The second kappa shape index (κ2) is 8.84. The number of hydrogen-bond donors (Lipinski definition) is 0. The zero-order valence-corrected chi connectivity index (χ0v) is 17.9. The lowest BCUT2D eigenvalue weighted by atomic mass is 10.1. The molecule has 5 nitrogen and oxygen atoms in total. The van der Waals surface area contributed by atoms with E-state index < -0.39 is 0 Å². The van der Waals surface area contributed by atoms with Gasteiger partial charge in [-0.1, -0.05) is 43.6 Å². The summed E-state index contributed by atoms with van der Waals surface area (Å²) in [7, 11) is 0. The minimum Gasteiger partial charge on any atom is -0.454 e. The van der Waals surface area contributed by atoms with Crippen molar-refractivity contribution in [3.63, 3.8) is 0 Å². The first-order chi connectivity index (χ1) is 14.5. The Morgan fingerprint density at radius 1 is 1.10 bits per heavy atom. The van der Waals surface area contributed by atoms with Crippen LogP contribution in [0.3, 0.4) is 0 Å². The van der Waals surface area contributed by atoms with E-state index in [0.717, 1.165) is 16.3 Å². The molecule has 1 aliphatic heterocycles. The molecule has 0 bridgehead atoms. The molecule has 6 heteroatoms. The third kappa shape index (κ3) is 4.46. The van der Waals surface area contributed by atoms with E-state index in [1.807, 2.05) is 41.4 Å². The summed E-state index contributed by atoms with van der Waals surface area (Å²) in [5.41, 5.74) is 2.71. The molecule has 1 amide bonds. The summed E-state index contributed by atoms with van der Waals surface area (Å²) >= 11 is 6.35. The predicted molar refractivity (Wildman–Crippen MR) is 117 cm³/mol. The number of fused-ring (bicyclic) bond motifs is 1. The Morgan fingerprint density at radius 2 is 1.90 bits per heavy atom. The molecular formula is C24H25ClN2O3. The van der Waals surface area contributed by atoms with E-state index in [0.29, 0.717) is 42.6 Å². The van der Waals surface area contributed by atoms with Gasteiger partial charge in [-0.3, -0.25) is 4.79 Å². The fourth-order valence-corrected chi connectivity index (χ4v) is 3.82. The molecule has 0 N–H and O–H groups in total. The van der Waals surface area contributed by atoms with Gasteiger partial charge in [0.1, 0.15) is 0 Å². The molecule has 30 heavy (non-hydrogen) atoms. The van der Waals surface area contributed by atoms with E-state index in [-0.39, 0.29) is 12.7 Å². The van der Waals surface area contributed by atoms with E-state index in [2.05, 4.69) is 24.5 Å². The van der Waals surface area contributed by atoms with Gasteiger partial charge in [0, 0.05) is 35.6 Å². The van der Waals surface area contributed by atoms with Crippen LogP contribution in [0.1, 0.15) is 35.5 Å². The molecule has 0 saturated carbocycles. The van der Waals surface area contributed by atoms with Crippen LogP contribution >= 0.6 is 11.6 Å². The average Bonchev–Trinajstić information content (AvgIpc) is 3.37. The molecule has 4 rings (SSSR count). The van der Waals surface area contributed by atoms with Crippen LogP contribution in [-0.2, 0) is 13.1 Å². The van der Waals surface area contributed by atoms with E-state index in [1.165, 1.54) is 0 Å². The maximum atomic E-state index is 13.3. The Balaban J connectivity index is 1.56. The van der Waals surface area contributed by atoms with Crippen molar-refractivity contribution in [3.8, 4) is 11.5 Å².